The normalized spacial score (nSPS) is 14.7. The molecule has 0 aliphatic carbocycles. The Morgan fingerprint density at radius 3 is 2.10 bits per heavy atom. The second-order valence-corrected chi connectivity index (χ2v) is 7.66. The van der Waals surface area contributed by atoms with Crippen LogP contribution in [0.25, 0.3) is 0 Å². The molecule has 0 atom stereocenters. The minimum atomic E-state index is -0.244. The predicted molar refractivity (Wildman–Crippen MR) is 117 cm³/mol. The third-order valence-electron chi connectivity index (χ3n) is 5.18. The minimum Gasteiger partial charge on any atom is -0.346 e. The Morgan fingerprint density at radius 1 is 0.867 bits per heavy atom. The predicted octanol–water partition coefficient (Wildman–Crippen LogP) is 3.72. The van der Waals surface area contributed by atoms with Gasteiger partial charge in [-0.25, -0.2) is 8.78 Å². The number of nitrogens with one attached hydrogen (secondary N) is 1. The molecule has 3 aromatic rings. The Balaban J connectivity index is 1.28. The van der Waals surface area contributed by atoms with Crippen molar-refractivity contribution >= 4 is 23.1 Å². The summed E-state index contributed by atoms with van der Waals surface area (Å²) in [6.07, 6.45) is 1.80. The average molecular weight is 428 g/mol. The molecule has 1 saturated heterocycles. The highest BCUT2D eigenvalue weighted by atomic mass is 32.1. The van der Waals surface area contributed by atoms with Crippen LogP contribution in [0, 0.1) is 11.6 Å². The van der Waals surface area contributed by atoms with Crippen LogP contribution < -0.4 is 5.32 Å². The van der Waals surface area contributed by atoms with Gasteiger partial charge in [0.2, 0.25) is 0 Å². The standard InChI is InChI=1S/C22H23F2N5S/c23-19-7-3-1-5-17(19)15-27-11-13-28(14-12-27)22(30)25-21-9-10-29(26-21)16-18-6-2-4-8-20(18)24/h1-10H,11-16H2,(H,25,26,30). The first-order valence-corrected chi connectivity index (χ1v) is 10.3. The van der Waals surface area contributed by atoms with Crippen molar-refractivity contribution in [3.63, 3.8) is 0 Å². The second-order valence-electron chi connectivity index (χ2n) is 7.27. The lowest BCUT2D eigenvalue weighted by Gasteiger charge is -2.36. The summed E-state index contributed by atoms with van der Waals surface area (Å²) in [5, 5.41) is 8.20. The quantitative estimate of drug-likeness (QED) is 0.628. The number of piperazine rings is 1. The number of aromatic nitrogens is 2. The monoisotopic (exact) mass is 427 g/mol. The van der Waals surface area contributed by atoms with E-state index in [1.54, 1.807) is 29.1 Å². The third-order valence-corrected chi connectivity index (χ3v) is 5.54. The first-order chi connectivity index (χ1) is 14.6. The number of hydrogen-bond acceptors (Lipinski definition) is 3. The number of thiocarbonyl (C=S) groups is 1. The fourth-order valence-electron chi connectivity index (χ4n) is 3.48. The number of hydrogen-bond donors (Lipinski definition) is 1. The Hall–Kier alpha value is -2.84. The molecule has 0 saturated carbocycles. The van der Waals surface area contributed by atoms with Crippen molar-refractivity contribution in [1.29, 1.82) is 0 Å². The molecule has 156 valence electrons. The molecule has 0 radical (unpaired) electrons. The van der Waals surface area contributed by atoms with Gasteiger partial charge in [0.25, 0.3) is 0 Å². The first kappa shape index (κ1) is 20.4. The maximum absolute atomic E-state index is 13.9. The summed E-state index contributed by atoms with van der Waals surface area (Å²) < 4.78 is 29.3. The zero-order valence-electron chi connectivity index (χ0n) is 16.5. The smallest absolute Gasteiger partial charge is 0.174 e. The lowest BCUT2D eigenvalue weighted by atomic mass is 10.2. The summed E-state index contributed by atoms with van der Waals surface area (Å²) in [4.78, 5) is 4.31. The van der Waals surface area contributed by atoms with Crippen LogP contribution in [0.2, 0.25) is 0 Å². The molecule has 30 heavy (non-hydrogen) atoms. The summed E-state index contributed by atoms with van der Waals surface area (Å²) in [6.45, 7) is 4.08. The van der Waals surface area contributed by atoms with Gasteiger partial charge >= 0.3 is 0 Å². The summed E-state index contributed by atoms with van der Waals surface area (Å²) in [5.74, 6) is 0.222. The van der Waals surface area contributed by atoms with E-state index in [0.717, 1.165) is 26.2 Å². The molecule has 1 aliphatic heterocycles. The molecular weight excluding hydrogens is 404 g/mol. The van der Waals surface area contributed by atoms with E-state index in [-0.39, 0.29) is 11.6 Å². The van der Waals surface area contributed by atoms with Gasteiger partial charge in [-0.2, -0.15) is 5.10 Å². The van der Waals surface area contributed by atoms with Crippen molar-refractivity contribution < 1.29 is 8.78 Å². The van der Waals surface area contributed by atoms with Gasteiger partial charge in [-0.3, -0.25) is 9.58 Å². The average Bonchev–Trinajstić information content (AvgIpc) is 3.19. The number of rotatable bonds is 5. The van der Waals surface area contributed by atoms with E-state index in [9.17, 15) is 8.78 Å². The van der Waals surface area contributed by atoms with Gasteiger partial charge in [0.05, 0.1) is 6.54 Å². The van der Waals surface area contributed by atoms with Crippen LogP contribution >= 0.6 is 12.2 Å². The van der Waals surface area contributed by atoms with Gasteiger partial charge in [0.1, 0.15) is 11.6 Å². The third kappa shape index (κ3) is 5.01. The van der Waals surface area contributed by atoms with Gasteiger partial charge in [-0.1, -0.05) is 36.4 Å². The van der Waals surface area contributed by atoms with E-state index >= 15 is 0 Å². The second kappa shape index (κ2) is 9.32. The van der Waals surface area contributed by atoms with Crippen LogP contribution in [0.1, 0.15) is 11.1 Å². The van der Waals surface area contributed by atoms with Crippen LogP contribution in [0.15, 0.2) is 60.8 Å². The molecule has 1 fully saturated rings. The number of halogens is 2. The molecule has 1 N–H and O–H groups in total. The highest BCUT2D eigenvalue weighted by Gasteiger charge is 2.20. The van der Waals surface area contributed by atoms with Gasteiger partial charge in [0.15, 0.2) is 10.9 Å². The molecule has 5 nitrogen and oxygen atoms in total. The topological polar surface area (TPSA) is 36.3 Å². The highest BCUT2D eigenvalue weighted by Crippen LogP contribution is 2.14. The van der Waals surface area contributed by atoms with Crippen molar-refractivity contribution in [3.05, 3.63) is 83.6 Å². The van der Waals surface area contributed by atoms with Crippen molar-refractivity contribution in [2.24, 2.45) is 0 Å². The molecule has 0 unspecified atom stereocenters. The first-order valence-electron chi connectivity index (χ1n) is 9.87. The van der Waals surface area contributed by atoms with E-state index in [0.29, 0.717) is 35.1 Å². The molecule has 2 heterocycles. The lowest BCUT2D eigenvalue weighted by Crippen LogP contribution is -2.49. The minimum absolute atomic E-state index is 0.164. The zero-order valence-corrected chi connectivity index (χ0v) is 17.3. The molecule has 0 spiro atoms. The van der Waals surface area contributed by atoms with E-state index in [1.165, 1.54) is 12.1 Å². The number of nitrogens with zero attached hydrogens (tertiary/aromatic N) is 4. The van der Waals surface area contributed by atoms with Crippen LogP contribution in [0.3, 0.4) is 0 Å². The molecule has 4 rings (SSSR count). The SMILES string of the molecule is Fc1ccccc1CN1CCN(C(=S)Nc2ccn(Cc3ccccc3F)n2)CC1. The molecule has 1 aliphatic rings. The molecule has 0 bridgehead atoms. The Morgan fingerprint density at radius 2 is 1.47 bits per heavy atom. The Labute approximate surface area is 179 Å². The van der Waals surface area contributed by atoms with Crippen molar-refractivity contribution in [2.75, 3.05) is 31.5 Å². The maximum Gasteiger partial charge on any atom is 0.174 e. The summed E-state index contributed by atoms with van der Waals surface area (Å²) >= 11 is 5.53. The van der Waals surface area contributed by atoms with Gasteiger partial charge in [0, 0.05) is 56.1 Å². The van der Waals surface area contributed by atoms with Crippen molar-refractivity contribution in [3.8, 4) is 0 Å². The van der Waals surface area contributed by atoms with Gasteiger partial charge < -0.3 is 10.2 Å². The van der Waals surface area contributed by atoms with Crippen LogP contribution in [-0.2, 0) is 13.1 Å². The zero-order chi connectivity index (χ0) is 20.9. The van der Waals surface area contributed by atoms with Gasteiger partial charge in [-0.05, 0) is 24.4 Å². The maximum atomic E-state index is 13.9. The summed E-state index contributed by atoms with van der Waals surface area (Å²) in [6, 6.07) is 15.4. The fraction of sp³-hybridized carbons (Fsp3) is 0.273. The van der Waals surface area contributed by atoms with Crippen LogP contribution in [0.5, 0.6) is 0 Å². The Bertz CT molecular complexity index is 1010. The molecule has 0 amide bonds. The largest absolute Gasteiger partial charge is 0.346 e. The summed E-state index contributed by atoms with van der Waals surface area (Å²) in [7, 11) is 0. The fourth-order valence-corrected chi connectivity index (χ4v) is 3.77. The van der Waals surface area contributed by atoms with Crippen molar-refractivity contribution in [2.45, 2.75) is 13.1 Å². The van der Waals surface area contributed by atoms with Crippen molar-refractivity contribution in [1.82, 2.24) is 19.6 Å². The van der Waals surface area contributed by atoms with Crippen LogP contribution in [0.4, 0.5) is 14.6 Å². The molecular formula is C22H23F2N5S. The van der Waals surface area contributed by atoms with Gasteiger partial charge in [-0.15, -0.1) is 0 Å². The lowest BCUT2D eigenvalue weighted by molar-refractivity contribution is 0.175. The molecule has 8 heteroatoms. The van der Waals surface area contributed by atoms with E-state index in [4.69, 9.17) is 12.2 Å². The summed E-state index contributed by atoms with van der Waals surface area (Å²) in [5.41, 5.74) is 1.30. The van der Waals surface area contributed by atoms with E-state index in [2.05, 4.69) is 20.2 Å². The highest BCUT2D eigenvalue weighted by molar-refractivity contribution is 7.80. The Kier molecular flexibility index (Phi) is 6.35. The van der Waals surface area contributed by atoms with Crippen LogP contribution in [-0.4, -0.2) is 50.9 Å². The van der Waals surface area contributed by atoms with E-state index in [1.807, 2.05) is 24.3 Å². The van der Waals surface area contributed by atoms with E-state index < -0.39 is 0 Å². The molecule has 1 aromatic heterocycles. The number of benzene rings is 2. The number of anilines is 1. The molecule has 2 aromatic carbocycles.